The molecule has 8 heteroatoms. The predicted molar refractivity (Wildman–Crippen MR) is 81.1 cm³/mol. The maximum absolute atomic E-state index is 12.1. The number of oxazole rings is 1. The standard InChI is InChI=1S/C15H13N3O5/c1-8(16-14(20)9-4-5-22-7-9)13(19)17-10-2-3-12-11(6-10)18-15(21)23-12/h2-8H,1H3,(H,16,20)(H,17,19)(H,18,21). The van der Waals surface area contributed by atoms with Gasteiger partial charge in [0.15, 0.2) is 5.58 Å². The van der Waals surface area contributed by atoms with Gasteiger partial charge in [-0.15, -0.1) is 0 Å². The van der Waals surface area contributed by atoms with E-state index in [-0.39, 0.29) is 0 Å². The molecule has 3 aromatic rings. The Labute approximate surface area is 129 Å². The Morgan fingerprint density at radius 1 is 1.26 bits per heavy atom. The smallest absolute Gasteiger partial charge is 0.417 e. The van der Waals surface area contributed by atoms with E-state index in [0.29, 0.717) is 22.4 Å². The zero-order valence-electron chi connectivity index (χ0n) is 12.1. The van der Waals surface area contributed by atoms with Gasteiger partial charge in [0.2, 0.25) is 5.91 Å². The summed E-state index contributed by atoms with van der Waals surface area (Å²) in [5.41, 5.74) is 1.68. The van der Waals surface area contributed by atoms with Gasteiger partial charge in [-0.1, -0.05) is 0 Å². The fraction of sp³-hybridized carbons (Fsp3) is 0.133. The van der Waals surface area contributed by atoms with Crippen LogP contribution < -0.4 is 16.4 Å². The predicted octanol–water partition coefficient (Wildman–Crippen LogP) is 1.47. The number of aromatic nitrogens is 1. The molecule has 0 aliphatic carbocycles. The molecule has 118 valence electrons. The molecule has 3 rings (SSSR count). The Morgan fingerprint density at radius 3 is 2.83 bits per heavy atom. The molecule has 0 saturated carbocycles. The molecule has 0 saturated heterocycles. The lowest BCUT2D eigenvalue weighted by Crippen LogP contribution is -2.41. The average molecular weight is 315 g/mol. The molecule has 0 radical (unpaired) electrons. The summed E-state index contributed by atoms with van der Waals surface area (Å²) in [5, 5.41) is 5.21. The molecule has 2 heterocycles. The van der Waals surface area contributed by atoms with Crippen LogP contribution in [0, 0.1) is 0 Å². The molecule has 3 N–H and O–H groups in total. The largest absolute Gasteiger partial charge is 0.472 e. The summed E-state index contributed by atoms with van der Waals surface area (Å²) in [4.78, 5) is 37.6. The van der Waals surface area contributed by atoms with E-state index in [9.17, 15) is 14.4 Å². The van der Waals surface area contributed by atoms with Gasteiger partial charge >= 0.3 is 5.76 Å². The number of H-pyrrole nitrogens is 1. The van der Waals surface area contributed by atoms with Crippen molar-refractivity contribution in [3.05, 3.63) is 52.9 Å². The zero-order valence-corrected chi connectivity index (χ0v) is 12.1. The highest BCUT2D eigenvalue weighted by atomic mass is 16.4. The van der Waals surface area contributed by atoms with Crippen LogP contribution in [-0.4, -0.2) is 22.8 Å². The third-order valence-corrected chi connectivity index (χ3v) is 3.21. The molecule has 0 fully saturated rings. The second-order valence-electron chi connectivity index (χ2n) is 4.92. The third kappa shape index (κ3) is 3.15. The van der Waals surface area contributed by atoms with Crippen molar-refractivity contribution in [2.24, 2.45) is 0 Å². The van der Waals surface area contributed by atoms with E-state index in [1.54, 1.807) is 25.1 Å². The topological polar surface area (TPSA) is 117 Å². The maximum atomic E-state index is 12.1. The van der Waals surface area contributed by atoms with Gasteiger partial charge in [0.1, 0.15) is 12.3 Å². The minimum Gasteiger partial charge on any atom is -0.472 e. The minimum absolute atomic E-state index is 0.335. The molecular formula is C15H13N3O5. The second-order valence-corrected chi connectivity index (χ2v) is 4.92. The first-order valence-corrected chi connectivity index (χ1v) is 6.80. The van der Waals surface area contributed by atoms with Crippen LogP contribution in [0.3, 0.4) is 0 Å². The Morgan fingerprint density at radius 2 is 2.09 bits per heavy atom. The molecule has 0 spiro atoms. The van der Waals surface area contributed by atoms with Crippen molar-refractivity contribution in [3.63, 3.8) is 0 Å². The van der Waals surface area contributed by atoms with E-state index in [0.717, 1.165) is 0 Å². The van der Waals surface area contributed by atoms with E-state index in [2.05, 4.69) is 15.6 Å². The molecule has 8 nitrogen and oxygen atoms in total. The number of carbonyl (C=O) groups is 2. The van der Waals surface area contributed by atoms with E-state index < -0.39 is 23.6 Å². The van der Waals surface area contributed by atoms with Crippen LogP contribution in [0.15, 0.2) is 50.4 Å². The molecule has 2 aromatic heterocycles. The van der Waals surface area contributed by atoms with Crippen molar-refractivity contribution < 1.29 is 18.4 Å². The van der Waals surface area contributed by atoms with Gasteiger partial charge in [0.25, 0.3) is 5.91 Å². The van der Waals surface area contributed by atoms with Crippen LogP contribution in [0.5, 0.6) is 0 Å². The Kier molecular flexibility index (Phi) is 3.71. The Bertz CT molecular complexity index is 907. The second kappa shape index (κ2) is 5.84. The highest BCUT2D eigenvalue weighted by molar-refractivity contribution is 6.01. The molecule has 0 aliphatic rings. The minimum atomic E-state index is -0.753. The van der Waals surface area contributed by atoms with Crippen LogP contribution in [0.4, 0.5) is 5.69 Å². The number of nitrogens with one attached hydrogen (secondary N) is 3. The van der Waals surface area contributed by atoms with E-state index in [1.807, 2.05) is 0 Å². The number of carbonyl (C=O) groups excluding carboxylic acids is 2. The molecule has 1 atom stereocenters. The molecule has 1 aromatic carbocycles. The molecule has 23 heavy (non-hydrogen) atoms. The summed E-state index contributed by atoms with van der Waals surface area (Å²) in [7, 11) is 0. The van der Waals surface area contributed by atoms with Crippen molar-refractivity contribution in [3.8, 4) is 0 Å². The lowest BCUT2D eigenvalue weighted by molar-refractivity contribution is -0.117. The van der Waals surface area contributed by atoms with Gasteiger partial charge in [-0.3, -0.25) is 14.6 Å². The number of furan rings is 1. The fourth-order valence-corrected chi connectivity index (χ4v) is 2.02. The van der Waals surface area contributed by atoms with Crippen molar-refractivity contribution >= 4 is 28.6 Å². The van der Waals surface area contributed by atoms with Crippen LogP contribution in [0.25, 0.3) is 11.1 Å². The average Bonchev–Trinajstić information content (AvgIpc) is 3.14. The summed E-state index contributed by atoms with van der Waals surface area (Å²) in [6, 6.07) is 5.49. The summed E-state index contributed by atoms with van der Waals surface area (Å²) in [5.74, 6) is -1.37. The Balaban J connectivity index is 1.67. The van der Waals surface area contributed by atoms with Gasteiger partial charge in [0, 0.05) is 5.69 Å². The summed E-state index contributed by atoms with van der Waals surface area (Å²) < 4.78 is 9.70. The zero-order chi connectivity index (χ0) is 16.4. The van der Waals surface area contributed by atoms with Crippen LogP contribution in [-0.2, 0) is 4.79 Å². The van der Waals surface area contributed by atoms with Crippen LogP contribution in [0.2, 0.25) is 0 Å². The van der Waals surface area contributed by atoms with Crippen molar-refractivity contribution in [2.45, 2.75) is 13.0 Å². The van der Waals surface area contributed by atoms with Crippen molar-refractivity contribution in [1.29, 1.82) is 0 Å². The van der Waals surface area contributed by atoms with Gasteiger partial charge in [0.05, 0.1) is 17.3 Å². The number of fused-ring (bicyclic) bond motifs is 1. The first-order valence-electron chi connectivity index (χ1n) is 6.80. The highest BCUT2D eigenvalue weighted by Gasteiger charge is 2.17. The quantitative estimate of drug-likeness (QED) is 0.674. The number of rotatable bonds is 4. The lowest BCUT2D eigenvalue weighted by atomic mass is 10.2. The molecular weight excluding hydrogens is 302 g/mol. The maximum Gasteiger partial charge on any atom is 0.417 e. The Hall–Kier alpha value is -3.29. The SMILES string of the molecule is CC(NC(=O)c1ccoc1)C(=O)Nc1ccc2oc(=O)[nH]c2c1. The van der Waals surface area contributed by atoms with E-state index in [4.69, 9.17) is 8.83 Å². The normalized spacial score (nSPS) is 12.0. The molecule has 0 aliphatic heterocycles. The number of benzene rings is 1. The van der Waals surface area contributed by atoms with Crippen molar-refractivity contribution in [2.75, 3.05) is 5.32 Å². The summed E-state index contributed by atoms with van der Waals surface area (Å²) >= 11 is 0. The first-order chi connectivity index (χ1) is 11.0. The number of hydrogen-bond acceptors (Lipinski definition) is 5. The van der Waals surface area contributed by atoms with E-state index >= 15 is 0 Å². The number of amides is 2. The molecule has 0 bridgehead atoms. The first kappa shape index (κ1) is 14.6. The molecule has 1 unspecified atom stereocenters. The van der Waals surface area contributed by atoms with Gasteiger partial charge in [-0.05, 0) is 31.2 Å². The third-order valence-electron chi connectivity index (χ3n) is 3.21. The van der Waals surface area contributed by atoms with Gasteiger partial charge < -0.3 is 19.5 Å². The summed E-state index contributed by atoms with van der Waals surface area (Å²) in [6.07, 6.45) is 2.67. The number of aromatic amines is 1. The lowest BCUT2D eigenvalue weighted by Gasteiger charge is -2.13. The van der Waals surface area contributed by atoms with Crippen LogP contribution >= 0.6 is 0 Å². The van der Waals surface area contributed by atoms with Gasteiger partial charge in [-0.2, -0.15) is 0 Å². The monoisotopic (exact) mass is 315 g/mol. The highest BCUT2D eigenvalue weighted by Crippen LogP contribution is 2.16. The molecule has 2 amide bonds. The summed E-state index contributed by atoms with van der Waals surface area (Å²) in [6.45, 7) is 1.56. The van der Waals surface area contributed by atoms with Crippen molar-refractivity contribution in [1.82, 2.24) is 10.3 Å². The van der Waals surface area contributed by atoms with Crippen LogP contribution in [0.1, 0.15) is 17.3 Å². The van der Waals surface area contributed by atoms with Gasteiger partial charge in [-0.25, -0.2) is 4.79 Å². The van der Waals surface area contributed by atoms with E-state index in [1.165, 1.54) is 18.6 Å². The fourth-order valence-electron chi connectivity index (χ4n) is 2.02. The number of hydrogen-bond donors (Lipinski definition) is 3. The number of anilines is 1.